The lowest BCUT2D eigenvalue weighted by molar-refractivity contribution is -0.135. The molecule has 0 bridgehead atoms. The lowest BCUT2D eigenvalue weighted by Gasteiger charge is -2.22. The van der Waals surface area contributed by atoms with Gasteiger partial charge in [-0.15, -0.1) is 11.3 Å². The Hall–Kier alpha value is -0.870. The predicted molar refractivity (Wildman–Crippen MR) is 66.3 cm³/mol. The molecule has 16 heavy (non-hydrogen) atoms. The van der Waals surface area contributed by atoms with E-state index >= 15 is 0 Å². The van der Waals surface area contributed by atoms with E-state index in [1.807, 2.05) is 23.4 Å². The molecular formula is C12H18N2OS. The number of hydrogen-bond acceptors (Lipinski definition) is 3. The summed E-state index contributed by atoms with van der Waals surface area (Å²) in [7, 11) is 1.90. The van der Waals surface area contributed by atoms with Crippen molar-refractivity contribution in [2.24, 2.45) is 11.8 Å². The summed E-state index contributed by atoms with van der Waals surface area (Å²) in [4.78, 5) is 15.3. The number of thiophene rings is 1. The molecule has 0 saturated carbocycles. The highest BCUT2D eigenvalue weighted by Crippen LogP contribution is 2.20. The summed E-state index contributed by atoms with van der Waals surface area (Å²) in [5, 5.41) is 5.32. The van der Waals surface area contributed by atoms with Crippen LogP contribution in [0.25, 0.3) is 0 Å². The maximum absolute atomic E-state index is 12.2. The number of carbonyl (C=O) groups excluding carboxylic acids is 1. The van der Waals surface area contributed by atoms with Crippen LogP contribution in [-0.2, 0) is 11.3 Å². The van der Waals surface area contributed by atoms with E-state index in [0.29, 0.717) is 5.92 Å². The molecule has 0 spiro atoms. The van der Waals surface area contributed by atoms with Crippen molar-refractivity contribution in [1.82, 2.24) is 10.2 Å². The van der Waals surface area contributed by atoms with Crippen molar-refractivity contribution < 1.29 is 4.79 Å². The summed E-state index contributed by atoms with van der Waals surface area (Å²) >= 11 is 1.70. The minimum atomic E-state index is 0.157. The molecule has 1 aromatic heterocycles. The molecule has 1 fully saturated rings. The smallest absolute Gasteiger partial charge is 0.227 e. The third-order valence-electron chi connectivity index (χ3n) is 3.18. The molecule has 1 N–H and O–H groups in total. The molecular weight excluding hydrogens is 220 g/mol. The molecule has 0 radical (unpaired) electrons. The maximum Gasteiger partial charge on any atom is 0.227 e. The molecule has 2 heterocycles. The van der Waals surface area contributed by atoms with E-state index in [2.05, 4.69) is 18.3 Å². The number of hydrogen-bond donors (Lipinski definition) is 1. The fourth-order valence-electron chi connectivity index (χ4n) is 2.14. The first-order chi connectivity index (χ1) is 7.68. The van der Waals surface area contributed by atoms with Crippen LogP contribution in [0.4, 0.5) is 0 Å². The highest BCUT2D eigenvalue weighted by Gasteiger charge is 2.31. The third kappa shape index (κ3) is 2.44. The first-order valence-electron chi connectivity index (χ1n) is 5.66. The van der Waals surface area contributed by atoms with E-state index in [1.54, 1.807) is 11.3 Å². The second-order valence-corrected chi connectivity index (χ2v) is 5.55. The second kappa shape index (κ2) is 4.97. The molecule has 3 nitrogen and oxygen atoms in total. The van der Waals surface area contributed by atoms with Gasteiger partial charge in [0.05, 0.1) is 12.5 Å². The fourth-order valence-corrected chi connectivity index (χ4v) is 2.90. The zero-order valence-electron chi connectivity index (χ0n) is 9.77. The average Bonchev–Trinajstić information content (AvgIpc) is 2.88. The van der Waals surface area contributed by atoms with Crippen LogP contribution in [0.15, 0.2) is 17.5 Å². The summed E-state index contributed by atoms with van der Waals surface area (Å²) in [5.41, 5.74) is 0. The zero-order valence-corrected chi connectivity index (χ0v) is 10.6. The summed E-state index contributed by atoms with van der Waals surface area (Å²) in [6.07, 6.45) is 0. The lowest BCUT2D eigenvalue weighted by Crippen LogP contribution is -2.35. The van der Waals surface area contributed by atoms with Gasteiger partial charge < -0.3 is 10.2 Å². The van der Waals surface area contributed by atoms with Gasteiger partial charge >= 0.3 is 0 Å². The summed E-state index contributed by atoms with van der Waals surface area (Å²) in [6.45, 7) is 4.67. The van der Waals surface area contributed by atoms with Gasteiger partial charge in [-0.3, -0.25) is 4.79 Å². The Morgan fingerprint density at radius 1 is 1.62 bits per heavy atom. The third-order valence-corrected chi connectivity index (χ3v) is 4.05. The highest BCUT2D eigenvalue weighted by atomic mass is 32.1. The van der Waals surface area contributed by atoms with Crippen molar-refractivity contribution in [3.05, 3.63) is 22.4 Å². The molecule has 2 atom stereocenters. The second-order valence-electron chi connectivity index (χ2n) is 4.52. The van der Waals surface area contributed by atoms with E-state index in [1.165, 1.54) is 4.88 Å². The number of nitrogens with one attached hydrogen (secondary N) is 1. The molecule has 0 aliphatic carbocycles. The molecule has 1 amide bonds. The zero-order chi connectivity index (χ0) is 11.5. The topological polar surface area (TPSA) is 32.3 Å². The quantitative estimate of drug-likeness (QED) is 0.867. The van der Waals surface area contributed by atoms with Gasteiger partial charge in [0, 0.05) is 18.5 Å². The van der Waals surface area contributed by atoms with Crippen LogP contribution in [0, 0.1) is 11.8 Å². The van der Waals surface area contributed by atoms with Crippen LogP contribution in [0.3, 0.4) is 0 Å². The van der Waals surface area contributed by atoms with Gasteiger partial charge in [-0.1, -0.05) is 13.0 Å². The lowest BCUT2D eigenvalue weighted by atomic mass is 9.97. The van der Waals surface area contributed by atoms with E-state index in [-0.39, 0.29) is 11.8 Å². The first-order valence-corrected chi connectivity index (χ1v) is 6.54. The molecule has 0 unspecified atom stereocenters. The van der Waals surface area contributed by atoms with Gasteiger partial charge in [-0.25, -0.2) is 0 Å². The number of carbonyl (C=O) groups is 1. The van der Waals surface area contributed by atoms with E-state index in [9.17, 15) is 4.79 Å². The molecule has 88 valence electrons. The molecule has 2 rings (SSSR count). The Morgan fingerprint density at radius 2 is 2.44 bits per heavy atom. The van der Waals surface area contributed by atoms with Crippen molar-refractivity contribution in [1.29, 1.82) is 0 Å². The largest absolute Gasteiger partial charge is 0.340 e. The predicted octanol–water partition coefficient (Wildman–Crippen LogP) is 1.56. The Kier molecular flexibility index (Phi) is 3.61. The molecule has 0 aromatic carbocycles. The van der Waals surface area contributed by atoms with Gasteiger partial charge in [-0.05, 0) is 23.9 Å². The first kappa shape index (κ1) is 11.6. The average molecular weight is 238 g/mol. The minimum Gasteiger partial charge on any atom is -0.340 e. The number of amides is 1. The van der Waals surface area contributed by atoms with Crippen LogP contribution in [0.2, 0.25) is 0 Å². The van der Waals surface area contributed by atoms with Gasteiger partial charge in [0.25, 0.3) is 0 Å². The monoisotopic (exact) mass is 238 g/mol. The van der Waals surface area contributed by atoms with Crippen LogP contribution >= 0.6 is 11.3 Å². The summed E-state index contributed by atoms with van der Waals surface area (Å²) in [6, 6.07) is 4.10. The van der Waals surface area contributed by atoms with E-state index in [0.717, 1.165) is 19.6 Å². The van der Waals surface area contributed by atoms with Crippen LogP contribution in [0.5, 0.6) is 0 Å². The Morgan fingerprint density at radius 3 is 3.00 bits per heavy atom. The summed E-state index contributed by atoms with van der Waals surface area (Å²) in [5.74, 6) is 0.883. The van der Waals surface area contributed by atoms with Gasteiger partial charge in [0.1, 0.15) is 0 Å². The van der Waals surface area contributed by atoms with Gasteiger partial charge in [0.2, 0.25) is 5.91 Å². The molecule has 1 saturated heterocycles. The molecule has 4 heteroatoms. The Labute approximate surface area is 100 Å². The molecule has 1 aliphatic rings. The highest BCUT2D eigenvalue weighted by molar-refractivity contribution is 7.09. The minimum absolute atomic E-state index is 0.157. The fraction of sp³-hybridized carbons (Fsp3) is 0.583. The van der Waals surface area contributed by atoms with Gasteiger partial charge in [0.15, 0.2) is 0 Å². The Balaban J connectivity index is 1.94. The van der Waals surface area contributed by atoms with Crippen molar-refractivity contribution in [2.45, 2.75) is 13.5 Å². The van der Waals surface area contributed by atoms with Crippen molar-refractivity contribution in [2.75, 3.05) is 20.1 Å². The number of nitrogens with zero attached hydrogens (tertiary/aromatic N) is 1. The standard InChI is InChI=1S/C12H18N2OS/c1-9-6-13-7-11(9)12(15)14(2)8-10-4-3-5-16-10/h3-5,9,11,13H,6-8H2,1-2H3/t9-,11-/m1/s1. The number of rotatable bonds is 3. The Bertz CT molecular complexity index is 350. The van der Waals surface area contributed by atoms with Crippen molar-refractivity contribution in [3.8, 4) is 0 Å². The van der Waals surface area contributed by atoms with Crippen molar-refractivity contribution in [3.63, 3.8) is 0 Å². The molecule has 1 aliphatic heterocycles. The normalized spacial score (nSPS) is 24.6. The van der Waals surface area contributed by atoms with Crippen LogP contribution in [0.1, 0.15) is 11.8 Å². The molecule has 1 aromatic rings. The SMILES string of the molecule is C[C@@H]1CNC[C@H]1C(=O)N(C)Cc1cccs1. The van der Waals surface area contributed by atoms with E-state index < -0.39 is 0 Å². The van der Waals surface area contributed by atoms with Crippen LogP contribution in [-0.4, -0.2) is 30.9 Å². The van der Waals surface area contributed by atoms with E-state index in [4.69, 9.17) is 0 Å². The van der Waals surface area contributed by atoms with Crippen LogP contribution < -0.4 is 5.32 Å². The van der Waals surface area contributed by atoms with Crippen molar-refractivity contribution >= 4 is 17.2 Å². The summed E-state index contributed by atoms with van der Waals surface area (Å²) < 4.78 is 0. The van der Waals surface area contributed by atoms with Gasteiger partial charge in [-0.2, -0.15) is 0 Å². The maximum atomic E-state index is 12.2.